The Labute approximate surface area is 158 Å². The first kappa shape index (κ1) is 19.3. The topological polar surface area (TPSA) is 101 Å². The van der Waals surface area contributed by atoms with Crippen molar-refractivity contribution in [3.63, 3.8) is 0 Å². The number of methoxy groups -OCH3 is 1. The average Bonchev–Trinajstić information content (AvgIpc) is 3.22. The largest absolute Gasteiger partial charge is 0.467 e. The normalized spacial score (nSPS) is 21.5. The van der Waals surface area contributed by atoms with E-state index >= 15 is 0 Å². The Morgan fingerprint density at radius 2 is 1.93 bits per heavy atom. The summed E-state index contributed by atoms with van der Waals surface area (Å²) in [5.74, 6) is -0.956. The summed E-state index contributed by atoms with van der Waals surface area (Å²) >= 11 is 0. The fraction of sp³-hybridized carbons (Fsp3) is 0.632. The van der Waals surface area contributed by atoms with Gasteiger partial charge in [-0.1, -0.05) is 19.3 Å². The second-order valence-corrected chi connectivity index (χ2v) is 7.15. The van der Waals surface area contributed by atoms with Crippen LogP contribution in [0.3, 0.4) is 0 Å². The third-order valence-electron chi connectivity index (χ3n) is 5.48. The predicted molar refractivity (Wildman–Crippen MR) is 96.6 cm³/mol. The number of hydrogen-bond acceptors (Lipinski definition) is 6. The number of carbonyl (C=O) groups excluding carboxylic acids is 3. The minimum absolute atomic E-state index is 0.0609. The lowest BCUT2D eigenvalue weighted by molar-refractivity contribution is -0.152. The molecule has 0 unspecified atom stereocenters. The first-order chi connectivity index (χ1) is 13.1. The molecule has 2 aliphatic rings. The Hall–Kier alpha value is -2.51. The van der Waals surface area contributed by atoms with Crippen molar-refractivity contribution >= 4 is 17.8 Å². The number of nitrogens with zero attached hydrogens (tertiary/aromatic N) is 3. The number of ether oxygens (including phenoxy) is 1. The quantitative estimate of drug-likeness (QED) is 0.780. The third-order valence-corrected chi connectivity index (χ3v) is 5.48. The first-order valence-corrected chi connectivity index (χ1v) is 9.57. The molecule has 1 saturated heterocycles. The van der Waals surface area contributed by atoms with E-state index in [-0.39, 0.29) is 17.5 Å². The molecule has 2 fully saturated rings. The van der Waals surface area contributed by atoms with Crippen molar-refractivity contribution in [2.75, 3.05) is 13.7 Å². The molecule has 0 spiro atoms. The third kappa shape index (κ3) is 4.43. The van der Waals surface area contributed by atoms with Gasteiger partial charge in [0.2, 0.25) is 5.91 Å². The number of nitrogens with one attached hydrogen (secondary N) is 1. The van der Waals surface area contributed by atoms with Crippen LogP contribution in [0.2, 0.25) is 0 Å². The molecule has 2 amide bonds. The summed E-state index contributed by atoms with van der Waals surface area (Å²) in [5, 5.41) is 2.87. The zero-order valence-corrected chi connectivity index (χ0v) is 15.6. The van der Waals surface area contributed by atoms with Crippen LogP contribution < -0.4 is 5.32 Å². The summed E-state index contributed by atoms with van der Waals surface area (Å²) in [7, 11) is 1.33. The van der Waals surface area contributed by atoms with Crippen molar-refractivity contribution in [2.24, 2.45) is 5.92 Å². The molecule has 1 saturated carbocycles. The SMILES string of the molecule is COC(=O)[C@@H]1CCCN1C(=O)[C@@H](NC(=O)c1cnccn1)C1CCCCC1. The molecule has 1 aromatic rings. The Bertz CT molecular complexity index is 676. The van der Waals surface area contributed by atoms with Gasteiger partial charge in [-0.2, -0.15) is 0 Å². The second-order valence-electron chi connectivity index (χ2n) is 7.15. The Kier molecular flexibility index (Phi) is 6.36. The number of rotatable bonds is 5. The lowest BCUT2D eigenvalue weighted by Gasteiger charge is -2.34. The van der Waals surface area contributed by atoms with E-state index < -0.39 is 24.0 Å². The highest BCUT2D eigenvalue weighted by molar-refractivity contribution is 5.97. The molecule has 0 radical (unpaired) electrons. The summed E-state index contributed by atoms with van der Waals surface area (Å²) in [6.07, 6.45) is 10.6. The molecule has 1 aliphatic carbocycles. The number of amides is 2. The lowest BCUT2D eigenvalue weighted by atomic mass is 9.83. The van der Waals surface area contributed by atoms with E-state index in [2.05, 4.69) is 15.3 Å². The summed E-state index contributed by atoms with van der Waals surface area (Å²) in [4.78, 5) is 47.5. The highest BCUT2D eigenvalue weighted by atomic mass is 16.5. The number of carbonyl (C=O) groups is 3. The maximum atomic E-state index is 13.3. The molecule has 1 N–H and O–H groups in total. The lowest BCUT2D eigenvalue weighted by Crippen LogP contribution is -2.55. The molecule has 2 heterocycles. The molecule has 8 heteroatoms. The van der Waals surface area contributed by atoms with Crippen LogP contribution in [0.5, 0.6) is 0 Å². The summed E-state index contributed by atoms with van der Waals surface area (Å²) in [5.41, 5.74) is 0.178. The van der Waals surface area contributed by atoms with E-state index in [9.17, 15) is 14.4 Å². The van der Waals surface area contributed by atoms with Gasteiger partial charge in [0.25, 0.3) is 5.91 Å². The number of hydrogen-bond donors (Lipinski definition) is 1. The van der Waals surface area contributed by atoms with Crippen LogP contribution in [0.1, 0.15) is 55.4 Å². The minimum atomic E-state index is -0.662. The van der Waals surface area contributed by atoms with Gasteiger partial charge in [-0.05, 0) is 31.6 Å². The predicted octanol–water partition coefficient (Wildman–Crippen LogP) is 1.32. The van der Waals surface area contributed by atoms with E-state index in [0.717, 1.165) is 38.5 Å². The summed E-state index contributed by atoms with van der Waals surface area (Å²) in [6, 6.07) is -1.23. The van der Waals surface area contributed by atoms with Gasteiger partial charge < -0.3 is 15.0 Å². The Balaban J connectivity index is 1.79. The zero-order valence-electron chi connectivity index (χ0n) is 15.6. The first-order valence-electron chi connectivity index (χ1n) is 9.57. The standard InChI is InChI=1S/C19H26N4O4/c1-27-19(26)15-8-5-11-23(15)18(25)16(13-6-3-2-4-7-13)22-17(24)14-12-20-9-10-21-14/h9-10,12-13,15-16H,2-8,11H2,1H3,(H,22,24)/t15-,16-/m0/s1. The fourth-order valence-electron chi connectivity index (χ4n) is 4.07. The van der Waals surface area contributed by atoms with E-state index in [1.807, 2.05) is 0 Å². The van der Waals surface area contributed by atoms with Crippen molar-refractivity contribution < 1.29 is 19.1 Å². The Morgan fingerprint density at radius 1 is 1.15 bits per heavy atom. The van der Waals surface area contributed by atoms with E-state index in [1.54, 1.807) is 4.90 Å². The molecular formula is C19H26N4O4. The number of aromatic nitrogens is 2. The molecule has 8 nitrogen and oxygen atoms in total. The van der Waals surface area contributed by atoms with E-state index in [4.69, 9.17) is 4.74 Å². The van der Waals surface area contributed by atoms with Crippen LogP contribution in [-0.2, 0) is 14.3 Å². The maximum absolute atomic E-state index is 13.3. The molecule has 1 aromatic heterocycles. The van der Waals surface area contributed by atoms with Crippen molar-refractivity contribution in [3.8, 4) is 0 Å². The monoisotopic (exact) mass is 374 g/mol. The molecule has 2 atom stereocenters. The van der Waals surface area contributed by atoms with Gasteiger partial charge in [0.05, 0.1) is 13.3 Å². The summed E-state index contributed by atoms with van der Waals surface area (Å²) in [6.45, 7) is 0.503. The van der Waals surface area contributed by atoms with Crippen LogP contribution in [0.25, 0.3) is 0 Å². The highest BCUT2D eigenvalue weighted by Gasteiger charge is 2.41. The van der Waals surface area contributed by atoms with Gasteiger partial charge in [-0.25, -0.2) is 9.78 Å². The van der Waals surface area contributed by atoms with Gasteiger partial charge in [-0.15, -0.1) is 0 Å². The number of esters is 1. The minimum Gasteiger partial charge on any atom is -0.467 e. The van der Waals surface area contributed by atoms with Gasteiger partial charge in [0.15, 0.2) is 0 Å². The molecule has 146 valence electrons. The molecule has 0 bridgehead atoms. The van der Waals surface area contributed by atoms with Crippen molar-refractivity contribution in [1.29, 1.82) is 0 Å². The van der Waals surface area contributed by atoms with Gasteiger partial charge in [0, 0.05) is 18.9 Å². The molecule has 1 aliphatic heterocycles. The Morgan fingerprint density at radius 3 is 2.59 bits per heavy atom. The number of likely N-dealkylation sites (tertiary alicyclic amines) is 1. The average molecular weight is 374 g/mol. The zero-order chi connectivity index (χ0) is 19.2. The van der Waals surface area contributed by atoms with Gasteiger partial charge in [0.1, 0.15) is 17.8 Å². The van der Waals surface area contributed by atoms with Crippen LogP contribution >= 0.6 is 0 Å². The maximum Gasteiger partial charge on any atom is 0.328 e. The van der Waals surface area contributed by atoms with Crippen molar-refractivity contribution in [2.45, 2.75) is 57.0 Å². The van der Waals surface area contributed by atoms with Crippen LogP contribution in [0.15, 0.2) is 18.6 Å². The van der Waals surface area contributed by atoms with Gasteiger partial charge >= 0.3 is 5.97 Å². The van der Waals surface area contributed by atoms with Crippen LogP contribution in [0, 0.1) is 5.92 Å². The van der Waals surface area contributed by atoms with Crippen LogP contribution in [-0.4, -0.2) is 58.4 Å². The molecule has 27 heavy (non-hydrogen) atoms. The second kappa shape index (κ2) is 8.92. The van der Waals surface area contributed by atoms with Crippen LogP contribution in [0.4, 0.5) is 0 Å². The molecule has 3 rings (SSSR count). The highest BCUT2D eigenvalue weighted by Crippen LogP contribution is 2.29. The molecule has 0 aromatic carbocycles. The fourth-order valence-corrected chi connectivity index (χ4v) is 4.07. The van der Waals surface area contributed by atoms with E-state index in [0.29, 0.717) is 13.0 Å². The summed E-state index contributed by atoms with van der Waals surface area (Å²) < 4.78 is 4.85. The van der Waals surface area contributed by atoms with Crippen molar-refractivity contribution in [3.05, 3.63) is 24.3 Å². The molecular weight excluding hydrogens is 348 g/mol. The van der Waals surface area contributed by atoms with E-state index in [1.165, 1.54) is 25.7 Å². The van der Waals surface area contributed by atoms with Gasteiger partial charge in [-0.3, -0.25) is 14.6 Å². The van der Waals surface area contributed by atoms with Crippen molar-refractivity contribution in [1.82, 2.24) is 20.2 Å². The smallest absolute Gasteiger partial charge is 0.328 e.